The third kappa shape index (κ3) is 3.19. The molecule has 0 bridgehead atoms. The maximum absolute atomic E-state index is 8.57. The summed E-state index contributed by atoms with van der Waals surface area (Å²) in [5, 5.41) is 12.2. The highest BCUT2D eigenvalue weighted by Crippen LogP contribution is 2.25. The summed E-state index contributed by atoms with van der Waals surface area (Å²) in [5.41, 5.74) is 6.99. The van der Waals surface area contributed by atoms with Crippen LogP contribution in [0.4, 0.5) is 0 Å². The molecule has 0 saturated carbocycles. The Balaban J connectivity index is 2.18. The Morgan fingerprint density at radius 2 is 2.20 bits per heavy atom. The number of amidine groups is 1. The van der Waals surface area contributed by atoms with Crippen molar-refractivity contribution in [2.75, 3.05) is 0 Å². The van der Waals surface area contributed by atoms with Crippen LogP contribution >= 0.6 is 11.6 Å². The van der Waals surface area contributed by atoms with Gasteiger partial charge in [-0.1, -0.05) is 23.7 Å². The third-order valence-corrected chi connectivity index (χ3v) is 3.13. The van der Waals surface area contributed by atoms with E-state index in [2.05, 4.69) is 10.1 Å². The number of halogens is 1. The Kier molecular flexibility index (Phi) is 4.42. The molecule has 0 unspecified atom stereocenters. The van der Waals surface area contributed by atoms with E-state index in [-0.39, 0.29) is 5.84 Å². The number of aromatic nitrogens is 1. The number of hydrogen-bond acceptors (Lipinski definition) is 4. The molecule has 20 heavy (non-hydrogen) atoms. The summed E-state index contributed by atoms with van der Waals surface area (Å²) >= 11 is 6.05. The van der Waals surface area contributed by atoms with Gasteiger partial charge in [-0.3, -0.25) is 0 Å². The van der Waals surface area contributed by atoms with E-state index < -0.39 is 0 Å². The van der Waals surface area contributed by atoms with Gasteiger partial charge in [-0.2, -0.15) is 0 Å². The van der Waals surface area contributed by atoms with E-state index >= 15 is 0 Å². The first-order valence-electron chi connectivity index (χ1n) is 6.04. The van der Waals surface area contributed by atoms with E-state index in [4.69, 9.17) is 27.3 Å². The number of pyridine rings is 1. The summed E-state index contributed by atoms with van der Waals surface area (Å²) < 4.78 is 5.63. The molecule has 0 radical (unpaired) electrons. The molecule has 5 nitrogen and oxygen atoms in total. The number of aryl methyl sites for hydroxylation is 1. The highest BCUT2D eigenvalue weighted by molar-refractivity contribution is 6.31. The zero-order valence-corrected chi connectivity index (χ0v) is 11.6. The van der Waals surface area contributed by atoms with Crippen LogP contribution in [0.1, 0.15) is 18.1 Å². The molecule has 0 amide bonds. The number of rotatable bonds is 4. The number of nitrogens with two attached hydrogens (primary N) is 1. The van der Waals surface area contributed by atoms with E-state index in [0.717, 1.165) is 17.0 Å². The summed E-state index contributed by atoms with van der Waals surface area (Å²) in [6, 6.07) is 8.75. The molecule has 1 aromatic carbocycles. The molecule has 0 aliphatic carbocycles. The minimum absolute atomic E-state index is 0.00353. The average molecular weight is 292 g/mol. The molecule has 1 aromatic heterocycles. The van der Waals surface area contributed by atoms with Crippen LogP contribution in [0.15, 0.2) is 41.7 Å². The molecule has 0 aliphatic rings. The molecule has 104 valence electrons. The third-order valence-electron chi connectivity index (χ3n) is 2.76. The zero-order chi connectivity index (χ0) is 14.5. The van der Waals surface area contributed by atoms with Gasteiger partial charge in [-0.05, 0) is 36.2 Å². The highest BCUT2D eigenvalue weighted by Gasteiger charge is 2.05. The van der Waals surface area contributed by atoms with Crippen LogP contribution in [0.25, 0.3) is 0 Å². The largest absolute Gasteiger partial charge is 0.439 e. The van der Waals surface area contributed by atoms with Crippen LogP contribution < -0.4 is 10.5 Å². The summed E-state index contributed by atoms with van der Waals surface area (Å²) in [6.45, 7) is 2.02. The Morgan fingerprint density at radius 1 is 1.40 bits per heavy atom. The van der Waals surface area contributed by atoms with Crippen molar-refractivity contribution in [3.05, 3.63) is 52.7 Å². The molecule has 0 atom stereocenters. The predicted octanol–water partition coefficient (Wildman–Crippen LogP) is 3.18. The van der Waals surface area contributed by atoms with Gasteiger partial charge in [0, 0.05) is 22.8 Å². The second-order valence-electron chi connectivity index (χ2n) is 4.08. The van der Waals surface area contributed by atoms with Gasteiger partial charge in [0.05, 0.1) is 0 Å². The molecular formula is C14H14ClN3O2. The average Bonchev–Trinajstić information content (AvgIpc) is 2.49. The normalized spacial score (nSPS) is 11.4. The molecular weight excluding hydrogens is 278 g/mol. The van der Waals surface area contributed by atoms with E-state index in [1.54, 1.807) is 24.3 Å². The predicted molar refractivity (Wildman–Crippen MR) is 77.7 cm³/mol. The quantitative estimate of drug-likeness (QED) is 0.392. The van der Waals surface area contributed by atoms with Crippen LogP contribution in [0.2, 0.25) is 5.02 Å². The van der Waals surface area contributed by atoms with Crippen LogP contribution in [0.5, 0.6) is 11.6 Å². The maximum Gasteiger partial charge on any atom is 0.219 e. The van der Waals surface area contributed by atoms with Crippen molar-refractivity contribution in [3.8, 4) is 11.6 Å². The summed E-state index contributed by atoms with van der Waals surface area (Å²) in [5.74, 6) is 1.09. The molecule has 0 aliphatic heterocycles. The Labute approximate surface area is 121 Å². The SMILES string of the molecule is CCc1cc(Oc2ccc(/C(N)=N/O)cn2)ccc1Cl. The van der Waals surface area contributed by atoms with Crippen molar-refractivity contribution < 1.29 is 9.94 Å². The Hall–Kier alpha value is -2.27. The van der Waals surface area contributed by atoms with Gasteiger partial charge in [0.15, 0.2) is 5.84 Å². The lowest BCUT2D eigenvalue weighted by molar-refractivity contribution is 0.318. The summed E-state index contributed by atoms with van der Waals surface area (Å²) in [7, 11) is 0. The second kappa shape index (κ2) is 6.25. The first-order chi connectivity index (χ1) is 9.63. The van der Waals surface area contributed by atoms with E-state index in [9.17, 15) is 0 Å². The smallest absolute Gasteiger partial charge is 0.219 e. The molecule has 1 heterocycles. The van der Waals surface area contributed by atoms with Gasteiger partial charge in [0.1, 0.15) is 5.75 Å². The first kappa shape index (κ1) is 14.1. The topological polar surface area (TPSA) is 80.7 Å². The molecule has 0 fully saturated rings. The van der Waals surface area contributed by atoms with E-state index in [1.807, 2.05) is 13.0 Å². The van der Waals surface area contributed by atoms with Crippen molar-refractivity contribution in [2.45, 2.75) is 13.3 Å². The van der Waals surface area contributed by atoms with Crippen LogP contribution in [-0.4, -0.2) is 16.0 Å². The van der Waals surface area contributed by atoms with Gasteiger partial charge < -0.3 is 15.7 Å². The van der Waals surface area contributed by atoms with Gasteiger partial charge in [0.25, 0.3) is 0 Å². The Bertz CT molecular complexity index is 627. The molecule has 3 N–H and O–H groups in total. The number of nitrogens with zero attached hydrogens (tertiary/aromatic N) is 2. The second-order valence-corrected chi connectivity index (χ2v) is 4.49. The van der Waals surface area contributed by atoms with Crippen molar-refractivity contribution in [1.29, 1.82) is 0 Å². The van der Waals surface area contributed by atoms with E-state index in [0.29, 0.717) is 17.2 Å². The standard InChI is InChI=1S/C14H14ClN3O2/c1-2-9-7-11(4-5-12(9)15)20-13-6-3-10(8-17-13)14(16)18-19/h3-8,19H,2H2,1H3,(H2,16,18). The van der Waals surface area contributed by atoms with Gasteiger partial charge in [-0.15, -0.1) is 0 Å². The van der Waals surface area contributed by atoms with Crippen LogP contribution in [0, 0.1) is 0 Å². The molecule has 0 spiro atoms. The summed E-state index contributed by atoms with van der Waals surface area (Å²) in [4.78, 5) is 4.09. The Morgan fingerprint density at radius 3 is 2.80 bits per heavy atom. The molecule has 2 rings (SSSR count). The molecule has 0 saturated heterocycles. The first-order valence-corrected chi connectivity index (χ1v) is 6.42. The van der Waals surface area contributed by atoms with Crippen molar-refractivity contribution >= 4 is 17.4 Å². The van der Waals surface area contributed by atoms with E-state index in [1.165, 1.54) is 6.20 Å². The summed E-state index contributed by atoms with van der Waals surface area (Å²) in [6.07, 6.45) is 2.30. The van der Waals surface area contributed by atoms with Gasteiger partial charge in [-0.25, -0.2) is 4.98 Å². The van der Waals surface area contributed by atoms with Gasteiger partial charge >= 0.3 is 0 Å². The van der Waals surface area contributed by atoms with Crippen molar-refractivity contribution in [2.24, 2.45) is 10.9 Å². The number of benzene rings is 1. The number of hydrogen-bond donors (Lipinski definition) is 2. The lowest BCUT2D eigenvalue weighted by Crippen LogP contribution is -2.13. The maximum atomic E-state index is 8.57. The number of oxime groups is 1. The zero-order valence-electron chi connectivity index (χ0n) is 10.9. The fourth-order valence-electron chi connectivity index (χ4n) is 1.66. The fourth-order valence-corrected chi connectivity index (χ4v) is 1.91. The van der Waals surface area contributed by atoms with Crippen molar-refractivity contribution in [3.63, 3.8) is 0 Å². The lowest BCUT2D eigenvalue weighted by atomic mass is 10.1. The minimum atomic E-state index is 0.00353. The van der Waals surface area contributed by atoms with Crippen molar-refractivity contribution in [1.82, 2.24) is 4.98 Å². The monoisotopic (exact) mass is 291 g/mol. The highest BCUT2D eigenvalue weighted by atomic mass is 35.5. The minimum Gasteiger partial charge on any atom is -0.439 e. The molecule has 6 heteroatoms. The molecule has 2 aromatic rings. The number of ether oxygens (including phenoxy) is 1. The van der Waals surface area contributed by atoms with Gasteiger partial charge in [0.2, 0.25) is 5.88 Å². The fraction of sp³-hybridized carbons (Fsp3) is 0.143. The van der Waals surface area contributed by atoms with Crippen LogP contribution in [0.3, 0.4) is 0 Å². The van der Waals surface area contributed by atoms with Crippen LogP contribution in [-0.2, 0) is 6.42 Å². The lowest BCUT2D eigenvalue weighted by Gasteiger charge is -2.08.